The van der Waals surface area contributed by atoms with Crippen molar-refractivity contribution in [3.05, 3.63) is 23.3 Å². The minimum Gasteiger partial charge on any atom is -0.493 e. The van der Waals surface area contributed by atoms with Crippen LogP contribution in [0.15, 0.2) is 12.1 Å². The lowest BCUT2D eigenvalue weighted by Gasteiger charge is -2.15. The highest BCUT2D eigenvalue weighted by atomic mass is 32.2. The van der Waals surface area contributed by atoms with Gasteiger partial charge in [-0.25, -0.2) is 0 Å². The van der Waals surface area contributed by atoms with Gasteiger partial charge in [-0.15, -0.1) is 11.8 Å². The Morgan fingerprint density at radius 1 is 1.18 bits per heavy atom. The first-order valence-electron chi connectivity index (χ1n) is 7.64. The smallest absolute Gasteiger partial charge is 0.230 e. The molecule has 0 aliphatic rings. The van der Waals surface area contributed by atoms with E-state index in [-0.39, 0.29) is 11.9 Å². The number of rotatable bonds is 9. The zero-order chi connectivity index (χ0) is 16.5. The lowest BCUT2D eigenvalue weighted by Crippen LogP contribution is -2.35. The molecular formula is C17H27NO3S. The van der Waals surface area contributed by atoms with E-state index < -0.39 is 0 Å². The number of benzene rings is 1. The number of ether oxygens (including phenoxy) is 2. The Morgan fingerprint density at radius 2 is 1.77 bits per heavy atom. The number of nitrogens with one attached hydrogen (secondary N) is 1. The van der Waals surface area contributed by atoms with Gasteiger partial charge in [-0.2, -0.15) is 0 Å². The van der Waals surface area contributed by atoms with Gasteiger partial charge in [0.15, 0.2) is 11.5 Å². The number of amides is 1. The number of thioether (sulfide) groups is 1. The number of hydrogen-bond acceptors (Lipinski definition) is 4. The second-order valence-electron chi connectivity index (χ2n) is 5.21. The van der Waals surface area contributed by atoms with E-state index in [0.717, 1.165) is 41.2 Å². The van der Waals surface area contributed by atoms with Crippen LogP contribution in [0.3, 0.4) is 0 Å². The van der Waals surface area contributed by atoms with E-state index in [9.17, 15) is 4.79 Å². The van der Waals surface area contributed by atoms with Gasteiger partial charge in [-0.1, -0.05) is 13.8 Å². The van der Waals surface area contributed by atoms with E-state index in [4.69, 9.17) is 9.47 Å². The Bertz CT molecular complexity index is 487. The molecule has 5 heteroatoms. The maximum Gasteiger partial charge on any atom is 0.230 e. The molecule has 0 fully saturated rings. The van der Waals surface area contributed by atoms with Crippen molar-refractivity contribution in [2.75, 3.05) is 20.0 Å². The largest absolute Gasteiger partial charge is 0.493 e. The second-order valence-corrected chi connectivity index (χ2v) is 6.19. The lowest BCUT2D eigenvalue weighted by atomic mass is 10.1. The Hall–Kier alpha value is -1.36. The van der Waals surface area contributed by atoms with E-state index in [1.807, 2.05) is 19.1 Å². The van der Waals surface area contributed by atoms with Gasteiger partial charge in [-0.05, 0) is 43.0 Å². The predicted molar refractivity (Wildman–Crippen MR) is 93.0 cm³/mol. The fourth-order valence-corrected chi connectivity index (χ4v) is 3.10. The summed E-state index contributed by atoms with van der Waals surface area (Å²) < 4.78 is 10.6. The van der Waals surface area contributed by atoms with Crippen molar-refractivity contribution in [1.29, 1.82) is 0 Å². The maximum atomic E-state index is 11.9. The fraction of sp³-hybridized carbons (Fsp3) is 0.588. The number of aryl methyl sites for hydroxylation is 1. The van der Waals surface area contributed by atoms with Crippen molar-refractivity contribution in [2.45, 2.75) is 45.4 Å². The fourth-order valence-electron chi connectivity index (χ4n) is 2.19. The van der Waals surface area contributed by atoms with Crippen LogP contribution in [-0.4, -0.2) is 31.9 Å². The zero-order valence-corrected chi connectivity index (χ0v) is 15.0. The Morgan fingerprint density at radius 3 is 2.32 bits per heavy atom. The molecule has 0 atom stereocenters. The summed E-state index contributed by atoms with van der Waals surface area (Å²) in [6.45, 7) is 6.23. The van der Waals surface area contributed by atoms with Crippen LogP contribution in [0.4, 0.5) is 0 Å². The maximum absolute atomic E-state index is 11.9. The number of carbonyl (C=O) groups is 1. The molecule has 1 amide bonds. The Kier molecular flexibility index (Phi) is 8.17. The van der Waals surface area contributed by atoms with Crippen LogP contribution in [0.2, 0.25) is 0 Å². The van der Waals surface area contributed by atoms with Crippen molar-refractivity contribution >= 4 is 17.7 Å². The molecule has 0 bridgehead atoms. The van der Waals surface area contributed by atoms with Crippen LogP contribution in [0, 0.1) is 6.92 Å². The summed E-state index contributed by atoms with van der Waals surface area (Å²) in [7, 11) is 3.27. The first kappa shape index (κ1) is 18.7. The Labute approximate surface area is 138 Å². The van der Waals surface area contributed by atoms with Crippen molar-refractivity contribution in [3.8, 4) is 11.5 Å². The van der Waals surface area contributed by atoms with Crippen molar-refractivity contribution < 1.29 is 14.3 Å². The summed E-state index contributed by atoms with van der Waals surface area (Å²) in [6, 6.07) is 4.25. The first-order chi connectivity index (χ1) is 10.5. The molecule has 0 aromatic heterocycles. The van der Waals surface area contributed by atoms with Crippen LogP contribution < -0.4 is 14.8 Å². The van der Waals surface area contributed by atoms with Gasteiger partial charge in [0.2, 0.25) is 5.91 Å². The van der Waals surface area contributed by atoms with Gasteiger partial charge >= 0.3 is 0 Å². The molecule has 1 N–H and O–H groups in total. The Balaban J connectivity index is 2.56. The molecule has 0 saturated heterocycles. The number of methoxy groups -OCH3 is 2. The van der Waals surface area contributed by atoms with Crippen LogP contribution in [-0.2, 0) is 10.5 Å². The molecule has 0 aliphatic carbocycles. The summed E-state index contributed by atoms with van der Waals surface area (Å²) in [5.74, 6) is 2.83. The van der Waals surface area contributed by atoms with Gasteiger partial charge in [0.05, 0.1) is 20.0 Å². The summed E-state index contributed by atoms with van der Waals surface area (Å²) in [5, 5.41) is 3.05. The molecule has 0 heterocycles. The van der Waals surface area contributed by atoms with Crippen LogP contribution in [0.25, 0.3) is 0 Å². The lowest BCUT2D eigenvalue weighted by molar-refractivity contribution is -0.119. The second kappa shape index (κ2) is 9.62. The third-order valence-electron chi connectivity index (χ3n) is 3.68. The third kappa shape index (κ3) is 5.44. The van der Waals surface area contributed by atoms with Crippen molar-refractivity contribution in [2.24, 2.45) is 0 Å². The van der Waals surface area contributed by atoms with Gasteiger partial charge in [0.1, 0.15) is 0 Å². The third-order valence-corrected chi connectivity index (χ3v) is 4.66. The highest BCUT2D eigenvalue weighted by molar-refractivity contribution is 7.99. The van der Waals surface area contributed by atoms with E-state index >= 15 is 0 Å². The normalized spacial score (nSPS) is 10.6. The van der Waals surface area contributed by atoms with E-state index in [0.29, 0.717) is 5.75 Å². The first-order valence-corrected chi connectivity index (χ1v) is 8.79. The molecule has 0 aliphatic heterocycles. The number of hydrogen-bond donors (Lipinski definition) is 1. The van der Waals surface area contributed by atoms with Crippen LogP contribution >= 0.6 is 11.8 Å². The van der Waals surface area contributed by atoms with Gasteiger partial charge in [-0.3, -0.25) is 4.79 Å². The van der Waals surface area contributed by atoms with E-state index in [1.54, 1.807) is 26.0 Å². The standard InChI is InChI=1S/C17H27NO3S/c1-6-14(7-2)18-17(19)11-22-10-13-9-16(21-5)15(20-4)8-12(13)3/h8-9,14H,6-7,10-11H2,1-5H3,(H,18,19). The summed E-state index contributed by atoms with van der Waals surface area (Å²) in [6.07, 6.45) is 1.95. The number of carbonyl (C=O) groups excluding carboxylic acids is 1. The average Bonchev–Trinajstić information content (AvgIpc) is 2.53. The molecule has 1 aromatic carbocycles. The minimum atomic E-state index is 0.108. The molecule has 1 rings (SSSR count). The van der Waals surface area contributed by atoms with E-state index in [2.05, 4.69) is 19.2 Å². The van der Waals surface area contributed by atoms with Crippen molar-refractivity contribution in [1.82, 2.24) is 5.32 Å². The van der Waals surface area contributed by atoms with Gasteiger partial charge < -0.3 is 14.8 Å². The topological polar surface area (TPSA) is 47.6 Å². The molecule has 0 saturated carbocycles. The molecule has 0 unspecified atom stereocenters. The summed E-state index contributed by atoms with van der Waals surface area (Å²) in [5.41, 5.74) is 2.31. The SMILES string of the molecule is CCC(CC)NC(=O)CSCc1cc(OC)c(OC)cc1C. The monoisotopic (exact) mass is 325 g/mol. The quantitative estimate of drug-likeness (QED) is 0.754. The molecule has 1 aromatic rings. The highest BCUT2D eigenvalue weighted by Gasteiger charge is 2.11. The van der Waals surface area contributed by atoms with Gasteiger partial charge in [0, 0.05) is 11.8 Å². The predicted octanol–water partition coefficient (Wildman–Crippen LogP) is 3.55. The molecular weight excluding hydrogens is 298 g/mol. The average molecular weight is 325 g/mol. The zero-order valence-electron chi connectivity index (χ0n) is 14.2. The molecule has 22 heavy (non-hydrogen) atoms. The minimum absolute atomic E-state index is 0.108. The summed E-state index contributed by atoms with van der Waals surface area (Å²) >= 11 is 1.62. The summed E-state index contributed by atoms with van der Waals surface area (Å²) in [4.78, 5) is 11.9. The molecule has 124 valence electrons. The highest BCUT2D eigenvalue weighted by Crippen LogP contribution is 2.31. The molecule has 0 spiro atoms. The van der Waals surface area contributed by atoms with E-state index in [1.165, 1.54) is 0 Å². The molecule has 4 nitrogen and oxygen atoms in total. The van der Waals surface area contributed by atoms with Crippen LogP contribution in [0.5, 0.6) is 11.5 Å². The van der Waals surface area contributed by atoms with Gasteiger partial charge in [0.25, 0.3) is 0 Å². The van der Waals surface area contributed by atoms with Crippen LogP contribution in [0.1, 0.15) is 37.8 Å². The molecule has 0 radical (unpaired) electrons. The van der Waals surface area contributed by atoms with Crippen molar-refractivity contribution in [3.63, 3.8) is 0 Å².